The van der Waals surface area contributed by atoms with Crippen LogP contribution in [-0.4, -0.2) is 57.4 Å². The average Bonchev–Trinajstić information content (AvgIpc) is 3.22. The van der Waals surface area contributed by atoms with Crippen LogP contribution in [0.2, 0.25) is 5.28 Å². The van der Waals surface area contributed by atoms with Crippen molar-refractivity contribution < 1.29 is 24.2 Å². The first-order chi connectivity index (χ1) is 14.7. The summed E-state index contributed by atoms with van der Waals surface area (Å²) >= 11 is 5.92. The molecule has 0 aromatic carbocycles. The van der Waals surface area contributed by atoms with E-state index in [0.29, 0.717) is 18.8 Å². The summed E-state index contributed by atoms with van der Waals surface area (Å²) in [6, 6.07) is 0. The summed E-state index contributed by atoms with van der Waals surface area (Å²) in [4.78, 5) is 32.8. The van der Waals surface area contributed by atoms with E-state index >= 15 is 0 Å². The van der Waals surface area contributed by atoms with E-state index in [4.69, 9.17) is 16.7 Å². The Labute approximate surface area is 184 Å². The van der Waals surface area contributed by atoms with Crippen LogP contribution in [-0.2, 0) is 4.79 Å². The SMILES string of the molecule is CCC1(O)CN(c2nc(Cl)nc(NNC(=O)[C@@H](CNC(=O)O)CC3CCCC3)c2F)C1. The van der Waals surface area contributed by atoms with E-state index in [2.05, 4.69) is 26.1 Å². The molecule has 2 aliphatic rings. The predicted octanol–water partition coefficient (Wildman–Crippen LogP) is 2.14. The Hall–Kier alpha value is -2.40. The standard InChI is InChI=1S/C19H28ClFN6O4/c1-2-19(31)9-27(10-19)15-13(21)14(23-17(20)24-15)25-26-16(28)12(8-22-18(29)30)7-11-5-3-4-6-11/h11-12,22,31H,2-10H2,1H3,(H,26,28)(H,29,30)(H,23,24,25)/t12-/m1/s1. The second-order valence-electron chi connectivity index (χ2n) is 8.30. The number of hydrazine groups is 1. The highest BCUT2D eigenvalue weighted by molar-refractivity contribution is 6.28. The number of carboxylic acid groups (broad SMARTS) is 1. The van der Waals surface area contributed by atoms with E-state index < -0.39 is 29.3 Å². The lowest BCUT2D eigenvalue weighted by Gasteiger charge is -2.46. The maximum atomic E-state index is 14.9. The molecule has 0 radical (unpaired) electrons. The summed E-state index contributed by atoms with van der Waals surface area (Å²) in [6.07, 6.45) is 4.05. The van der Waals surface area contributed by atoms with Gasteiger partial charge in [-0.1, -0.05) is 32.6 Å². The van der Waals surface area contributed by atoms with Gasteiger partial charge in [0.2, 0.25) is 17.0 Å². The normalized spacial score (nSPS) is 18.9. The Morgan fingerprint density at radius 2 is 2.00 bits per heavy atom. The lowest BCUT2D eigenvalue weighted by molar-refractivity contribution is -0.124. The summed E-state index contributed by atoms with van der Waals surface area (Å²) in [5.41, 5.74) is 3.97. The second-order valence-corrected chi connectivity index (χ2v) is 8.63. The molecule has 1 aromatic rings. The average molecular weight is 459 g/mol. The minimum absolute atomic E-state index is 0.0407. The van der Waals surface area contributed by atoms with Gasteiger partial charge in [0, 0.05) is 6.54 Å². The Balaban J connectivity index is 1.65. The predicted molar refractivity (Wildman–Crippen MR) is 112 cm³/mol. The highest BCUT2D eigenvalue weighted by Gasteiger charge is 2.41. The number of carbonyl (C=O) groups is 2. The van der Waals surface area contributed by atoms with E-state index in [-0.39, 0.29) is 36.6 Å². The van der Waals surface area contributed by atoms with Crippen molar-refractivity contribution in [3.8, 4) is 0 Å². The van der Waals surface area contributed by atoms with Gasteiger partial charge in [0.1, 0.15) is 0 Å². The molecule has 12 heteroatoms. The monoisotopic (exact) mass is 458 g/mol. The second kappa shape index (κ2) is 9.82. The molecule has 3 rings (SSSR count). The first-order valence-electron chi connectivity index (χ1n) is 10.4. The molecule has 1 aromatic heterocycles. The number of hydrogen-bond donors (Lipinski definition) is 5. The zero-order valence-electron chi connectivity index (χ0n) is 17.3. The molecular formula is C19H28ClFN6O4. The van der Waals surface area contributed by atoms with Crippen molar-refractivity contribution >= 4 is 35.2 Å². The van der Waals surface area contributed by atoms with E-state index in [9.17, 15) is 19.1 Å². The van der Waals surface area contributed by atoms with Gasteiger partial charge in [0.25, 0.3) is 0 Å². The zero-order chi connectivity index (χ0) is 22.6. The summed E-state index contributed by atoms with van der Waals surface area (Å²) in [5.74, 6) is -1.90. The molecule has 2 amide bonds. The van der Waals surface area contributed by atoms with Crippen LogP contribution in [0.4, 0.5) is 20.8 Å². The molecule has 1 aliphatic carbocycles. The summed E-state index contributed by atoms with van der Waals surface area (Å²) in [6.45, 7) is 2.22. The molecule has 0 bridgehead atoms. The summed E-state index contributed by atoms with van der Waals surface area (Å²) < 4.78 is 14.9. The molecule has 1 atom stereocenters. The minimum atomic E-state index is -1.21. The lowest BCUT2D eigenvalue weighted by Crippen LogP contribution is -2.62. The van der Waals surface area contributed by atoms with Crippen LogP contribution in [0.1, 0.15) is 45.4 Å². The number of anilines is 2. The quantitative estimate of drug-likeness (QED) is 0.280. The fraction of sp³-hybridized carbons (Fsp3) is 0.684. The molecule has 0 spiro atoms. The zero-order valence-corrected chi connectivity index (χ0v) is 18.1. The van der Waals surface area contributed by atoms with Crippen LogP contribution in [0.15, 0.2) is 0 Å². The Morgan fingerprint density at radius 3 is 2.61 bits per heavy atom. The number of rotatable bonds is 9. The Kier molecular flexibility index (Phi) is 7.37. The third-order valence-corrected chi connectivity index (χ3v) is 6.17. The fourth-order valence-corrected chi connectivity index (χ4v) is 4.27. The van der Waals surface area contributed by atoms with Crippen molar-refractivity contribution in [2.75, 3.05) is 30.0 Å². The van der Waals surface area contributed by atoms with Crippen molar-refractivity contribution in [3.05, 3.63) is 11.1 Å². The molecular weight excluding hydrogens is 431 g/mol. The number of nitrogens with one attached hydrogen (secondary N) is 3. The smallest absolute Gasteiger partial charge is 0.404 e. The maximum Gasteiger partial charge on any atom is 0.404 e. The van der Waals surface area contributed by atoms with E-state index in [1.807, 2.05) is 6.92 Å². The highest BCUT2D eigenvalue weighted by Crippen LogP contribution is 2.33. The van der Waals surface area contributed by atoms with Gasteiger partial charge in [0.05, 0.1) is 24.6 Å². The number of aliphatic hydroxyl groups is 1. The number of β-amino-alcohol motifs (C(OH)–C–C–N with tert-alkyl or cyclic N) is 1. The topological polar surface area (TPSA) is 140 Å². The lowest BCUT2D eigenvalue weighted by atomic mass is 9.91. The van der Waals surface area contributed by atoms with Gasteiger partial charge in [-0.2, -0.15) is 14.4 Å². The van der Waals surface area contributed by atoms with Gasteiger partial charge in [-0.15, -0.1) is 0 Å². The fourth-order valence-electron chi connectivity index (χ4n) is 4.10. The highest BCUT2D eigenvalue weighted by atomic mass is 35.5. The molecule has 31 heavy (non-hydrogen) atoms. The maximum absolute atomic E-state index is 14.9. The van der Waals surface area contributed by atoms with Gasteiger partial charge < -0.3 is 20.4 Å². The van der Waals surface area contributed by atoms with Crippen molar-refractivity contribution in [1.82, 2.24) is 20.7 Å². The van der Waals surface area contributed by atoms with Gasteiger partial charge >= 0.3 is 6.09 Å². The van der Waals surface area contributed by atoms with Crippen LogP contribution in [0.3, 0.4) is 0 Å². The molecule has 2 fully saturated rings. The molecule has 0 unspecified atom stereocenters. The summed E-state index contributed by atoms with van der Waals surface area (Å²) in [7, 11) is 0. The molecule has 1 aliphatic heterocycles. The number of hydrogen-bond acceptors (Lipinski definition) is 7. The van der Waals surface area contributed by atoms with Crippen molar-refractivity contribution in [3.63, 3.8) is 0 Å². The van der Waals surface area contributed by atoms with E-state index in [1.54, 1.807) is 4.90 Å². The van der Waals surface area contributed by atoms with Crippen LogP contribution in [0.25, 0.3) is 0 Å². The van der Waals surface area contributed by atoms with E-state index in [0.717, 1.165) is 25.7 Å². The van der Waals surface area contributed by atoms with E-state index in [1.165, 1.54) is 0 Å². The number of nitrogens with zero attached hydrogens (tertiary/aromatic N) is 3. The Bertz CT molecular complexity index is 817. The molecule has 1 saturated carbocycles. The molecule has 1 saturated heterocycles. The van der Waals surface area contributed by atoms with Crippen LogP contribution in [0, 0.1) is 17.7 Å². The largest absolute Gasteiger partial charge is 0.465 e. The number of amides is 2. The van der Waals surface area contributed by atoms with Gasteiger partial charge in [0.15, 0.2) is 11.6 Å². The molecule has 172 valence electrons. The first-order valence-corrected chi connectivity index (χ1v) is 10.8. The van der Waals surface area contributed by atoms with Gasteiger partial charge in [-0.25, -0.2) is 4.79 Å². The number of carbonyl (C=O) groups excluding carboxylic acids is 1. The third-order valence-electron chi connectivity index (χ3n) is 6.00. The van der Waals surface area contributed by atoms with Gasteiger partial charge in [-0.3, -0.25) is 15.6 Å². The number of halogens is 2. The van der Waals surface area contributed by atoms with Gasteiger partial charge in [-0.05, 0) is 30.4 Å². The minimum Gasteiger partial charge on any atom is -0.465 e. The number of aromatic nitrogens is 2. The van der Waals surface area contributed by atoms with Crippen LogP contribution >= 0.6 is 11.6 Å². The van der Waals surface area contributed by atoms with Crippen LogP contribution < -0.4 is 21.1 Å². The molecule has 5 N–H and O–H groups in total. The Morgan fingerprint density at radius 1 is 1.32 bits per heavy atom. The van der Waals surface area contributed by atoms with Crippen molar-refractivity contribution in [2.45, 2.75) is 51.0 Å². The summed E-state index contributed by atoms with van der Waals surface area (Å²) in [5, 5.41) is 21.1. The molecule has 10 nitrogen and oxygen atoms in total. The van der Waals surface area contributed by atoms with Crippen molar-refractivity contribution in [2.24, 2.45) is 11.8 Å². The third kappa shape index (κ3) is 5.85. The van der Waals surface area contributed by atoms with Crippen molar-refractivity contribution in [1.29, 1.82) is 0 Å². The molecule has 2 heterocycles. The van der Waals surface area contributed by atoms with Crippen LogP contribution in [0.5, 0.6) is 0 Å². The first kappa shape index (κ1) is 23.3.